The summed E-state index contributed by atoms with van der Waals surface area (Å²) >= 11 is 0. The highest BCUT2D eigenvalue weighted by Crippen LogP contribution is 2.29. The van der Waals surface area contributed by atoms with Crippen molar-refractivity contribution in [2.45, 2.75) is 20.3 Å². The predicted molar refractivity (Wildman–Crippen MR) is 63.2 cm³/mol. The molecule has 0 unspecified atom stereocenters. The molecule has 0 amide bonds. The van der Waals surface area contributed by atoms with Crippen molar-refractivity contribution in [3.05, 3.63) is 39.7 Å². The van der Waals surface area contributed by atoms with Gasteiger partial charge in [-0.25, -0.2) is 4.79 Å². The van der Waals surface area contributed by atoms with Crippen LogP contribution in [0.25, 0.3) is 11.0 Å². The van der Waals surface area contributed by atoms with Crippen LogP contribution in [-0.4, -0.2) is 7.11 Å². The van der Waals surface area contributed by atoms with Crippen molar-refractivity contribution in [2.75, 3.05) is 7.11 Å². The predicted octanol–water partition coefficient (Wildman–Crippen LogP) is 2.67. The lowest BCUT2D eigenvalue weighted by atomic mass is 10.1. The smallest absolute Gasteiger partial charge is 0.336 e. The molecule has 0 saturated carbocycles. The second-order valence-electron chi connectivity index (χ2n) is 3.78. The van der Waals surface area contributed by atoms with E-state index in [2.05, 4.69) is 0 Å². The first-order chi connectivity index (χ1) is 7.65. The maximum Gasteiger partial charge on any atom is 0.336 e. The van der Waals surface area contributed by atoms with Crippen LogP contribution >= 0.6 is 0 Å². The third kappa shape index (κ3) is 1.69. The quantitative estimate of drug-likeness (QED) is 0.727. The van der Waals surface area contributed by atoms with Gasteiger partial charge in [-0.2, -0.15) is 0 Å². The van der Waals surface area contributed by atoms with E-state index in [-0.39, 0.29) is 5.63 Å². The van der Waals surface area contributed by atoms with Crippen LogP contribution in [0.4, 0.5) is 0 Å². The van der Waals surface area contributed by atoms with Crippen LogP contribution in [0.2, 0.25) is 0 Å². The molecule has 1 aromatic heterocycles. The van der Waals surface area contributed by atoms with Gasteiger partial charge >= 0.3 is 5.63 Å². The number of hydrogen-bond acceptors (Lipinski definition) is 3. The Balaban J connectivity index is 2.93. The fraction of sp³-hybridized carbons (Fsp3) is 0.308. The summed E-state index contributed by atoms with van der Waals surface area (Å²) in [5, 5.41) is 0.898. The van der Waals surface area contributed by atoms with E-state index in [1.165, 1.54) is 6.07 Å². The Kier molecular flexibility index (Phi) is 2.69. The molecule has 3 nitrogen and oxygen atoms in total. The molecule has 84 valence electrons. The van der Waals surface area contributed by atoms with Gasteiger partial charge in [0.05, 0.1) is 12.5 Å². The molecule has 0 N–H and O–H groups in total. The minimum atomic E-state index is -0.308. The van der Waals surface area contributed by atoms with Crippen LogP contribution in [0.5, 0.6) is 5.75 Å². The molecule has 2 aromatic rings. The number of rotatable bonds is 2. The standard InChI is InChI=1S/C13H14O3/c1-4-9-7-12(14)16-11-6-8(2)5-10(15-3)13(9)11/h5-7H,4H2,1-3H3. The van der Waals surface area contributed by atoms with Gasteiger partial charge in [0.2, 0.25) is 0 Å². The van der Waals surface area contributed by atoms with E-state index in [0.717, 1.165) is 28.7 Å². The van der Waals surface area contributed by atoms with Crippen LogP contribution in [0, 0.1) is 6.92 Å². The maximum absolute atomic E-state index is 11.4. The van der Waals surface area contributed by atoms with E-state index in [1.54, 1.807) is 7.11 Å². The molecule has 0 aliphatic rings. The van der Waals surface area contributed by atoms with Crippen molar-refractivity contribution in [1.82, 2.24) is 0 Å². The van der Waals surface area contributed by atoms with Gasteiger partial charge in [0.1, 0.15) is 11.3 Å². The first-order valence-corrected chi connectivity index (χ1v) is 5.27. The number of fused-ring (bicyclic) bond motifs is 1. The van der Waals surface area contributed by atoms with E-state index in [1.807, 2.05) is 26.0 Å². The summed E-state index contributed by atoms with van der Waals surface area (Å²) in [5.41, 5.74) is 2.27. The van der Waals surface area contributed by atoms with Crippen LogP contribution in [-0.2, 0) is 6.42 Å². The van der Waals surface area contributed by atoms with E-state index in [4.69, 9.17) is 9.15 Å². The molecule has 0 aliphatic carbocycles. The maximum atomic E-state index is 11.4. The fourth-order valence-corrected chi connectivity index (χ4v) is 1.91. The van der Waals surface area contributed by atoms with Crippen LogP contribution < -0.4 is 10.4 Å². The molecule has 0 spiro atoms. The molecular formula is C13H14O3. The van der Waals surface area contributed by atoms with Gasteiger partial charge in [-0.05, 0) is 36.6 Å². The highest BCUT2D eigenvalue weighted by atomic mass is 16.5. The van der Waals surface area contributed by atoms with Crippen LogP contribution in [0.3, 0.4) is 0 Å². The van der Waals surface area contributed by atoms with Crippen LogP contribution in [0.1, 0.15) is 18.1 Å². The minimum absolute atomic E-state index is 0.308. The monoisotopic (exact) mass is 218 g/mol. The molecule has 0 fully saturated rings. The SMILES string of the molecule is CCc1cc(=O)oc2cc(C)cc(OC)c12. The Morgan fingerprint density at radius 1 is 1.31 bits per heavy atom. The third-order valence-electron chi connectivity index (χ3n) is 2.63. The van der Waals surface area contributed by atoms with Crippen LogP contribution in [0.15, 0.2) is 27.4 Å². The summed E-state index contributed by atoms with van der Waals surface area (Å²) in [6.45, 7) is 3.95. The van der Waals surface area contributed by atoms with E-state index in [0.29, 0.717) is 5.58 Å². The molecule has 0 bridgehead atoms. The Labute approximate surface area is 93.7 Å². The van der Waals surface area contributed by atoms with E-state index >= 15 is 0 Å². The highest BCUT2D eigenvalue weighted by Gasteiger charge is 2.10. The average molecular weight is 218 g/mol. The number of hydrogen-bond donors (Lipinski definition) is 0. The zero-order valence-corrected chi connectivity index (χ0v) is 9.66. The first-order valence-electron chi connectivity index (χ1n) is 5.27. The molecule has 1 heterocycles. The van der Waals surface area contributed by atoms with Gasteiger partial charge in [-0.1, -0.05) is 6.92 Å². The molecule has 2 rings (SSSR count). The summed E-state index contributed by atoms with van der Waals surface area (Å²) in [6.07, 6.45) is 0.779. The van der Waals surface area contributed by atoms with Crippen molar-refractivity contribution in [3.8, 4) is 5.75 Å². The van der Waals surface area contributed by atoms with Gasteiger partial charge in [-0.15, -0.1) is 0 Å². The van der Waals surface area contributed by atoms with E-state index in [9.17, 15) is 4.79 Å². The molecule has 0 aliphatic heterocycles. The van der Waals surface area contributed by atoms with Gasteiger partial charge in [0, 0.05) is 6.07 Å². The molecule has 16 heavy (non-hydrogen) atoms. The van der Waals surface area contributed by atoms with Gasteiger partial charge < -0.3 is 9.15 Å². The third-order valence-corrected chi connectivity index (χ3v) is 2.63. The Morgan fingerprint density at radius 2 is 2.06 bits per heavy atom. The Morgan fingerprint density at radius 3 is 2.69 bits per heavy atom. The Hall–Kier alpha value is -1.77. The first kappa shape index (κ1) is 10.7. The molecular weight excluding hydrogens is 204 g/mol. The van der Waals surface area contributed by atoms with Crippen molar-refractivity contribution in [1.29, 1.82) is 0 Å². The van der Waals surface area contributed by atoms with E-state index < -0.39 is 0 Å². The summed E-state index contributed by atoms with van der Waals surface area (Å²) < 4.78 is 10.5. The molecule has 0 saturated heterocycles. The summed E-state index contributed by atoms with van der Waals surface area (Å²) in [4.78, 5) is 11.4. The lowest BCUT2D eigenvalue weighted by molar-refractivity contribution is 0.418. The number of methoxy groups -OCH3 is 1. The van der Waals surface area contributed by atoms with Crippen molar-refractivity contribution >= 4 is 11.0 Å². The summed E-state index contributed by atoms with van der Waals surface area (Å²) in [5.74, 6) is 0.760. The summed E-state index contributed by atoms with van der Waals surface area (Å²) in [6, 6.07) is 5.33. The second kappa shape index (κ2) is 4.00. The number of benzene rings is 1. The normalized spacial score (nSPS) is 10.7. The molecule has 0 radical (unpaired) electrons. The lowest BCUT2D eigenvalue weighted by Gasteiger charge is -2.09. The van der Waals surface area contributed by atoms with Crippen molar-refractivity contribution < 1.29 is 9.15 Å². The van der Waals surface area contributed by atoms with Gasteiger partial charge in [-0.3, -0.25) is 0 Å². The van der Waals surface area contributed by atoms with Gasteiger partial charge in [0.15, 0.2) is 0 Å². The van der Waals surface area contributed by atoms with Crippen molar-refractivity contribution in [2.24, 2.45) is 0 Å². The average Bonchev–Trinajstić information content (AvgIpc) is 2.26. The molecule has 0 atom stereocenters. The number of aryl methyl sites for hydroxylation is 2. The number of ether oxygens (including phenoxy) is 1. The largest absolute Gasteiger partial charge is 0.496 e. The molecule has 3 heteroatoms. The lowest BCUT2D eigenvalue weighted by Crippen LogP contribution is -2.01. The highest BCUT2D eigenvalue weighted by molar-refractivity contribution is 5.87. The minimum Gasteiger partial charge on any atom is -0.496 e. The topological polar surface area (TPSA) is 39.4 Å². The second-order valence-corrected chi connectivity index (χ2v) is 3.78. The Bertz CT molecular complexity index is 581. The summed E-state index contributed by atoms with van der Waals surface area (Å²) in [7, 11) is 1.62. The van der Waals surface area contributed by atoms with Gasteiger partial charge in [0.25, 0.3) is 0 Å². The van der Waals surface area contributed by atoms with Crippen molar-refractivity contribution in [3.63, 3.8) is 0 Å². The fourth-order valence-electron chi connectivity index (χ4n) is 1.91. The zero-order valence-electron chi connectivity index (χ0n) is 9.66. The zero-order chi connectivity index (χ0) is 11.7. The molecule has 1 aromatic carbocycles.